The van der Waals surface area contributed by atoms with Gasteiger partial charge in [-0.2, -0.15) is 0 Å². The van der Waals surface area contributed by atoms with Gasteiger partial charge in [0, 0.05) is 25.7 Å². The van der Waals surface area contributed by atoms with E-state index in [-0.39, 0.29) is 5.56 Å². The largest absolute Gasteiger partial charge is 0.365 e. The smallest absolute Gasteiger partial charge is 0.293 e. The molecule has 0 bridgehead atoms. The van der Waals surface area contributed by atoms with Gasteiger partial charge in [-0.05, 0) is 31.2 Å². The SMILES string of the molecule is CCn1c(=O)c(NCCc2nnc3ccccn23)nc2ccccc21. The molecule has 1 aromatic carbocycles. The highest BCUT2D eigenvalue weighted by Gasteiger charge is 2.10. The van der Waals surface area contributed by atoms with Crippen LogP contribution >= 0.6 is 0 Å². The maximum atomic E-state index is 12.6. The number of benzene rings is 1. The van der Waals surface area contributed by atoms with Gasteiger partial charge < -0.3 is 9.88 Å². The second kappa shape index (κ2) is 6.35. The van der Waals surface area contributed by atoms with E-state index in [1.165, 1.54) is 0 Å². The van der Waals surface area contributed by atoms with E-state index in [1.54, 1.807) is 4.57 Å². The average molecular weight is 334 g/mol. The Labute approximate surface area is 144 Å². The second-order valence-electron chi connectivity index (χ2n) is 5.72. The Hall–Kier alpha value is -3.22. The first-order valence-corrected chi connectivity index (χ1v) is 8.30. The third-order valence-electron chi connectivity index (χ3n) is 4.19. The quantitative estimate of drug-likeness (QED) is 0.605. The van der Waals surface area contributed by atoms with E-state index in [0.29, 0.717) is 25.3 Å². The minimum Gasteiger partial charge on any atom is -0.365 e. The number of aryl methyl sites for hydroxylation is 1. The molecule has 7 heteroatoms. The molecule has 0 aliphatic heterocycles. The van der Waals surface area contributed by atoms with E-state index in [4.69, 9.17) is 0 Å². The molecule has 0 aliphatic carbocycles. The fraction of sp³-hybridized carbons (Fsp3) is 0.222. The van der Waals surface area contributed by atoms with Crippen LogP contribution in [0.5, 0.6) is 0 Å². The third kappa shape index (κ3) is 2.73. The van der Waals surface area contributed by atoms with Crippen LogP contribution in [0.4, 0.5) is 5.82 Å². The summed E-state index contributed by atoms with van der Waals surface area (Å²) in [6, 6.07) is 13.5. The summed E-state index contributed by atoms with van der Waals surface area (Å²) in [7, 11) is 0. The van der Waals surface area contributed by atoms with Crippen molar-refractivity contribution in [2.45, 2.75) is 19.9 Å². The summed E-state index contributed by atoms with van der Waals surface area (Å²) in [4.78, 5) is 17.1. The highest BCUT2D eigenvalue weighted by Crippen LogP contribution is 2.12. The Balaban J connectivity index is 1.59. The van der Waals surface area contributed by atoms with Crippen molar-refractivity contribution < 1.29 is 0 Å². The number of pyridine rings is 1. The zero-order valence-corrected chi connectivity index (χ0v) is 13.9. The first-order valence-electron chi connectivity index (χ1n) is 8.30. The molecule has 7 nitrogen and oxygen atoms in total. The van der Waals surface area contributed by atoms with Crippen LogP contribution in [-0.2, 0) is 13.0 Å². The molecular weight excluding hydrogens is 316 g/mol. The van der Waals surface area contributed by atoms with Crippen LogP contribution < -0.4 is 10.9 Å². The van der Waals surface area contributed by atoms with Gasteiger partial charge in [0.25, 0.3) is 5.56 Å². The molecule has 0 unspecified atom stereocenters. The molecule has 3 heterocycles. The molecule has 1 N–H and O–H groups in total. The Morgan fingerprint density at radius 1 is 1.08 bits per heavy atom. The van der Waals surface area contributed by atoms with Gasteiger partial charge in [-0.1, -0.05) is 18.2 Å². The molecule has 0 atom stereocenters. The highest BCUT2D eigenvalue weighted by molar-refractivity contribution is 5.76. The van der Waals surface area contributed by atoms with Crippen molar-refractivity contribution in [1.29, 1.82) is 0 Å². The van der Waals surface area contributed by atoms with Gasteiger partial charge in [0.1, 0.15) is 5.82 Å². The maximum absolute atomic E-state index is 12.6. The molecular formula is C18H18N6O. The van der Waals surface area contributed by atoms with Crippen LogP contribution in [-0.4, -0.2) is 30.7 Å². The van der Waals surface area contributed by atoms with Crippen molar-refractivity contribution >= 4 is 22.5 Å². The van der Waals surface area contributed by atoms with Gasteiger partial charge >= 0.3 is 0 Å². The number of nitrogens with zero attached hydrogens (tertiary/aromatic N) is 5. The number of fused-ring (bicyclic) bond motifs is 2. The molecule has 0 saturated heterocycles. The van der Waals surface area contributed by atoms with Crippen LogP contribution in [0.25, 0.3) is 16.7 Å². The molecule has 0 radical (unpaired) electrons. The van der Waals surface area contributed by atoms with Crippen molar-refractivity contribution in [2.75, 3.05) is 11.9 Å². The van der Waals surface area contributed by atoms with Gasteiger partial charge in [-0.3, -0.25) is 9.20 Å². The Bertz CT molecular complexity index is 1100. The fourth-order valence-electron chi connectivity index (χ4n) is 2.98. The lowest BCUT2D eigenvalue weighted by Gasteiger charge is -2.11. The van der Waals surface area contributed by atoms with E-state index in [2.05, 4.69) is 20.5 Å². The standard InChI is InChI=1S/C18H18N6O/c1-2-23-14-8-4-3-7-13(14)20-17(18(23)25)19-11-10-16-22-21-15-9-5-6-12-24(15)16/h3-9,12H,2,10-11H2,1H3,(H,19,20). The predicted octanol–water partition coefficient (Wildman–Crippen LogP) is 2.11. The highest BCUT2D eigenvalue weighted by atomic mass is 16.1. The molecule has 0 amide bonds. The lowest BCUT2D eigenvalue weighted by molar-refractivity contribution is 0.752. The minimum atomic E-state index is -0.104. The average Bonchev–Trinajstić information content (AvgIpc) is 3.06. The summed E-state index contributed by atoms with van der Waals surface area (Å²) in [5.74, 6) is 1.22. The topological polar surface area (TPSA) is 77.1 Å². The number of nitrogens with one attached hydrogen (secondary N) is 1. The summed E-state index contributed by atoms with van der Waals surface area (Å²) < 4.78 is 3.68. The molecule has 25 heavy (non-hydrogen) atoms. The van der Waals surface area contributed by atoms with E-state index < -0.39 is 0 Å². The van der Waals surface area contributed by atoms with Crippen LogP contribution in [0.1, 0.15) is 12.7 Å². The molecule has 0 aliphatic rings. The lowest BCUT2D eigenvalue weighted by Crippen LogP contribution is -2.25. The summed E-state index contributed by atoms with van der Waals surface area (Å²) in [5.41, 5.74) is 2.37. The van der Waals surface area contributed by atoms with Gasteiger partial charge in [-0.15, -0.1) is 10.2 Å². The zero-order valence-electron chi connectivity index (χ0n) is 13.9. The third-order valence-corrected chi connectivity index (χ3v) is 4.19. The first kappa shape index (κ1) is 15.3. The monoisotopic (exact) mass is 334 g/mol. The summed E-state index contributed by atoms with van der Waals surface area (Å²) in [5, 5.41) is 11.5. The maximum Gasteiger partial charge on any atom is 0.293 e. The molecule has 4 rings (SSSR count). The minimum absolute atomic E-state index is 0.104. The van der Waals surface area contributed by atoms with Crippen LogP contribution in [0.3, 0.4) is 0 Å². The molecule has 0 saturated carbocycles. The number of rotatable bonds is 5. The zero-order chi connectivity index (χ0) is 17.2. The van der Waals surface area contributed by atoms with Crippen LogP contribution in [0.15, 0.2) is 53.5 Å². The number of aromatic nitrogens is 5. The molecule has 4 aromatic rings. The number of anilines is 1. The lowest BCUT2D eigenvalue weighted by atomic mass is 10.3. The Kier molecular flexibility index (Phi) is 3.89. The van der Waals surface area contributed by atoms with Crippen molar-refractivity contribution in [3.63, 3.8) is 0 Å². The molecule has 126 valence electrons. The van der Waals surface area contributed by atoms with Crippen molar-refractivity contribution in [2.24, 2.45) is 0 Å². The normalized spacial score (nSPS) is 11.2. The van der Waals surface area contributed by atoms with E-state index >= 15 is 0 Å². The summed E-state index contributed by atoms with van der Waals surface area (Å²) >= 11 is 0. The number of hydrogen-bond acceptors (Lipinski definition) is 5. The summed E-state index contributed by atoms with van der Waals surface area (Å²) in [6.45, 7) is 3.12. The van der Waals surface area contributed by atoms with Gasteiger partial charge in [0.2, 0.25) is 0 Å². The van der Waals surface area contributed by atoms with Crippen molar-refractivity contribution in [3.05, 3.63) is 64.8 Å². The summed E-state index contributed by atoms with van der Waals surface area (Å²) in [6.07, 6.45) is 2.58. The van der Waals surface area contributed by atoms with Gasteiger partial charge in [0.15, 0.2) is 11.5 Å². The number of para-hydroxylation sites is 2. The first-order chi connectivity index (χ1) is 12.3. The van der Waals surface area contributed by atoms with Crippen molar-refractivity contribution in [1.82, 2.24) is 24.1 Å². The Morgan fingerprint density at radius 3 is 2.80 bits per heavy atom. The molecule has 3 aromatic heterocycles. The van der Waals surface area contributed by atoms with E-state index in [1.807, 2.05) is 60.0 Å². The van der Waals surface area contributed by atoms with Crippen molar-refractivity contribution in [3.8, 4) is 0 Å². The van der Waals surface area contributed by atoms with E-state index in [9.17, 15) is 4.79 Å². The van der Waals surface area contributed by atoms with E-state index in [0.717, 1.165) is 22.5 Å². The fourth-order valence-corrected chi connectivity index (χ4v) is 2.98. The van der Waals surface area contributed by atoms with Crippen LogP contribution in [0, 0.1) is 0 Å². The Morgan fingerprint density at radius 2 is 1.92 bits per heavy atom. The molecule has 0 fully saturated rings. The van der Waals surface area contributed by atoms with Crippen LogP contribution in [0.2, 0.25) is 0 Å². The molecule has 0 spiro atoms. The van der Waals surface area contributed by atoms with Gasteiger partial charge in [0.05, 0.1) is 11.0 Å². The van der Waals surface area contributed by atoms with Gasteiger partial charge in [-0.25, -0.2) is 4.98 Å². The predicted molar refractivity (Wildman–Crippen MR) is 96.9 cm³/mol. The number of hydrogen-bond donors (Lipinski definition) is 1. The second-order valence-corrected chi connectivity index (χ2v) is 5.72.